The number of nitrogens with one attached hydrogen (secondary N) is 1. The van der Waals surface area contributed by atoms with Gasteiger partial charge in [-0.05, 0) is 13.8 Å². The minimum Gasteiger partial charge on any atom is -0.370 e. The van der Waals surface area contributed by atoms with Crippen LogP contribution in [0.15, 0.2) is 6.07 Å². The summed E-state index contributed by atoms with van der Waals surface area (Å²) in [7, 11) is 0. The second-order valence-electron chi connectivity index (χ2n) is 3.36. The fraction of sp³-hybridized carbons (Fsp3) is 0.455. The van der Waals surface area contributed by atoms with Crippen LogP contribution in [0.4, 0.5) is 11.6 Å². The Morgan fingerprint density at radius 1 is 1.29 bits per heavy atom. The van der Waals surface area contributed by atoms with E-state index in [2.05, 4.69) is 15.3 Å². The summed E-state index contributed by atoms with van der Waals surface area (Å²) in [5.41, 5.74) is 0. The maximum atomic E-state index is 8.71. The summed E-state index contributed by atoms with van der Waals surface area (Å²) in [6.07, 6.45) is 0. The minimum absolute atomic E-state index is 0.135. The summed E-state index contributed by atoms with van der Waals surface area (Å²) in [5, 5.41) is 20.5. The van der Waals surface area contributed by atoms with Gasteiger partial charge in [-0.1, -0.05) is 0 Å². The molecule has 1 heterocycles. The van der Waals surface area contributed by atoms with Gasteiger partial charge in [0.25, 0.3) is 0 Å². The molecule has 1 aromatic rings. The first kappa shape index (κ1) is 12.7. The smallest absolute Gasteiger partial charge is 0.136 e. The lowest BCUT2D eigenvalue weighted by molar-refractivity contribution is 0.908. The third-order valence-electron chi connectivity index (χ3n) is 2.03. The second-order valence-corrected chi connectivity index (χ2v) is 3.36. The molecule has 0 aromatic carbocycles. The molecule has 0 spiro atoms. The van der Waals surface area contributed by atoms with Crippen LogP contribution in [0.2, 0.25) is 0 Å². The number of nitriles is 2. The highest BCUT2D eigenvalue weighted by Crippen LogP contribution is 2.15. The molecule has 0 saturated carbocycles. The van der Waals surface area contributed by atoms with Gasteiger partial charge in [0, 0.05) is 12.6 Å². The van der Waals surface area contributed by atoms with Crippen LogP contribution in [0.1, 0.15) is 12.7 Å². The van der Waals surface area contributed by atoms with Crippen LogP contribution < -0.4 is 10.2 Å². The Morgan fingerprint density at radius 2 is 1.94 bits per heavy atom. The summed E-state index contributed by atoms with van der Waals surface area (Å²) in [4.78, 5) is 10.0. The summed E-state index contributed by atoms with van der Waals surface area (Å²) in [6, 6.07) is 5.77. The van der Waals surface area contributed by atoms with Crippen LogP contribution in [0.3, 0.4) is 0 Å². The van der Waals surface area contributed by atoms with E-state index in [-0.39, 0.29) is 13.1 Å². The van der Waals surface area contributed by atoms with E-state index in [1.54, 1.807) is 17.9 Å². The van der Waals surface area contributed by atoms with Crippen molar-refractivity contribution < 1.29 is 0 Å². The van der Waals surface area contributed by atoms with Gasteiger partial charge in [0.05, 0.1) is 12.1 Å². The lowest BCUT2D eigenvalue weighted by Gasteiger charge is -2.17. The first-order valence-electron chi connectivity index (χ1n) is 5.29. The molecular weight excluding hydrogens is 216 g/mol. The van der Waals surface area contributed by atoms with Crippen molar-refractivity contribution in [3.8, 4) is 12.1 Å². The average molecular weight is 230 g/mol. The SMILES string of the molecule is CCNc1cc(N(CC#N)CC#N)nc(C)n1. The molecule has 0 fully saturated rings. The van der Waals surface area contributed by atoms with Crippen molar-refractivity contribution in [1.82, 2.24) is 9.97 Å². The summed E-state index contributed by atoms with van der Waals surface area (Å²) in [5.74, 6) is 1.91. The van der Waals surface area contributed by atoms with E-state index in [1.165, 1.54) is 0 Å². The molecule has 88 valence electrons. The number of hydrogen-bond donors (Lipinski definition) is 1. The van der Waals surface area contributed by atoms with Gasteiger partial charge in [0.1, 0.15) is 30.5 Å². The van der Waals surface area contributed by atoms with E-state index >= 15 is 0 Å². The van der Waals surface area contributed by atoms with E-state index < -0.39 is 0 Å². The molecule has 0 radical (unpaired) electrons. The van der Waals surface area contributed by atoms with Crippen molar-refractivity contribution in [2.45, 2.75) is 13.8 Å². The molecule has 17 heavy (non-hydrogen) atoms. The largest absolute Gasteiger partial charge is 0.370 e. The molecule has 6 heteroatoms. The quantitative estimate of drug-likeness (QED) is 0.761. The highest BCUT2D eigenvalue weighted by atomic mass is 15.2. The molecule has 0 saturated heterocycles. The number of anilines is 2. The first-order chi connectivity index (χ1) is 8.21. The number of aromatic nitrogens is 2. The first-order valence-corrected chi connectivity index (χ1v) is 5.29. The molecule has 0 aliphatic heterocycles. The van der Waals surface area contributed by atoms with Gasteiger partial charge in [-0.25, -0.2) is 9.97 Å². The minimum atomic E-state index is 0.135. The molecule has 0 aliphatic carbocycles. The third-order valence-corrected chi connectivity index (χ3v) is 2.03. The highest BCUT2D eigenvalue weighted by Gasteiger charge is 2.09. The molecule has 0 atom stereocenters. The van der Waals surface area contributed by atoms with Crippen molar-refractivity contribution in [1.29, 1.82) is 10.5 Å². The van der Waals surface area contributed by atoms with Crippen LogP contribution in [0.5, 0.6) is 0 Å². The van der Waals surface area contributed by atoms with Gasteiger partial charge >= 0.3 is 0 Å². The molecule has 6 nitrogen and oxygen atoms in total. The standard InChI is InChI=1S/C11H14N6/c1-3-14-10-8-11(16-9(2)15-10)17(6-4-12)7-5-13/h8H,3,6-7H2,1-2H3,(H,14,15,16). The Morgan fingerprint density at radius 3 is 2.47 bits per heavy atom. The molecule has 1 aromatic heterocycles. The van der Waals surface area contributed by atoms with Crippen LogP contribution in [-0.4, -0.2) is 29.6 Å². The number of rotatable bonds is 5. The van der Waals surface area contributed by atoms with Crippen molar-refractivity contribution in [3.05, 3.63) is 11.9 Å². The fourth-order valence-electron chi connectivity index (χ4n) is 1.37. The van der Waals surface area contributed by atoms with E-state index in [1.807, 2.05) is 19.1 Å². The third kappa shape index (κ3) is 3.62. The molecule has 1 rings (SSSR count). The molecule has 0 aliphatic rings. The maximum Gasteiger partial charge on any atom is 0.136 e. The van der Waals surface area contributed by atoms with Crippen molar-refractivity contribution >= 4 is 11.6 Å². The highest BCUT2D eigenvalue weighted by molar-refractivity contribution is 5.50. The van der Waals surface area contributed by atoms with Gasteiger partial charge in [-0.15, -0.1) is 0 Å². The lowest BCUT2D eigenvalue weighted by Crippen LogP contribution is -2.25. The summed E-state index contributed by atoms with van der Waals surface area (Å²) < 4.78 is 0. The van der Waals surface area contributed by atoms with E-state index in [9.17, 15) is 0 Å². The zero-order valence-corrected chi connectivity index (χ0v) is 9.93. The van der Waals surface area contributed by atoms with Gasteiger partial charge in [0.15, 0.2) is 0 Å². The van der Waals surface area contributed by atoms with Crippen molar-refractivity contribution in [2.75, 3.05) is 29.9 Å². The van der Waals surface area contributed by atoms with Crippen LogP contribution in [-0.2, 0) is 0 Å². The van der Waals surface area contributed by atoms with Crippen LogP contribution >= 0.6 is 0 Å². The van der Waals surface area contributed by atoms with Crippen molar-refractivity contribution in [3.63, 3.8) is 0 Å². The van der Waals surface area contributed by atoms with E-state index in [0.29, 0.717) is 17.5 Å². The Labute approximate surface area is 101 Å². The van der Waals surface area contributed by atoms with E-state index in [0.717, 1.165) is 6.54 Å². The van der Waals surface area contributed by atoms with Crippen molar-refractivity contribution in [2.24, 2.45) is 0 Å². The number of hydrogen-bond acceptors (Lipinski definition) is 6. The molecule has 0 amide bonds. The van der Waals surface area contributed by atoms with Gasteiger partial charge < -0.3 is 10.2 Å². The van der Waals surface area contributed by atoms with Gasteiger partial charge in [-0.3, -0.25) is 0 Å². The Bertz CT molecular complexity index is 440. The predicted molar refractivity (Wildman–Crippen MR) is 64.4 cm³/mol. The average Bonchev–Trinajstić information content (AvgIpc) is 2.28. The topological polar surface area (TPSA) is 88.6 Å². The monoisotopic (exact) mass is 230 g/mol. The Hall–Kier alpha value is -2.34. The predicted octanol–water partition coefficient (Wildman–Crippen LogP) is 1.07. The summed E-state index contributed by atoms with van der Waals surface area (Å²) in [6.45, 7) is 4.78. The van der Waals surface area contributed by atoms with E-state index in [4.69, 9.17) is 10.5 Å². The van der Waals surface area contributed by atoms with Crippen LogP contribution in [0.25, 0.3) is 0 Å². The second kappa shape index (κ2) is 6.29. The maximum absolute atomic E-state index is 8.71. The van der Waals surface area contributed by atoms with Gasteiger partial charge in [-0.2, -0.15) is 10.5 Å². The Kier molecular flexibility index (Phi) is 4.71. The van der Waals surface area contributed by atoms with Gasteiger partial charge in [0.2, 0.25) is 0 Å². The molecular formula is C11H14N6. The number of nitrogens with zero attached hydrogens (tertiary/aromatic N) is 5. The zero-order valence-electron chi connectivity index (χ0n) is 9.93. The summed E-state index contributed by atoms with van der Waals surface area (Å²) >= 11 is 0. The molecule has 0 bridgehead atoms. The molecule has 1 N–H and O–H groups in total. The lowest BCUT2D eigenvalue weighted by atomic mass is 10.4. The number of aryl methyl sites for hydroxylation is 1. The zero-order chi connectivity index (χ0) is 12.7. The normalized spacial score (nSPS) is 9.18. The molecule has 0 unspecified atom stereocenters. The van der Waals surface area contributed by atoms with Crippen LogP contribution in [0, 0.1) is 29.6 Å². The fourth-order valence-corrected chi connectivity index (χ4v) is 1.37. The Balaban J connectivity index is 3.02.